The van der Waals surface area contributed by atoms with E-state index < -0.39 is 41.0 Å². The van der Waals surface area contributed by atoms with Crippen LogP contribution in [0.4, 0.5) is 26.3 Å². The van der Waals surface area contributed by atoms with Crippen LogP contribution in [0.3, 0.4) is 0 Å². The summed E-state index contributed by atoms with van der Waals surface area (Å²) in [6, 6.07) is 7.64. The van der Waals surface area contributed by atoms with Gasteiger partial charge in [0.2, 0.25) is 0 Å². The van der Waals surface area contributed by atoms with Crippen LogP contribution < -0.4 is 4.74 Å². The van der Waals surface area contributed by atoms with Crippen molar-refractivity contribution in [3.05, 3.63) is 64.7 Å². The number of hydrogen-bond acceptors (Lipinski definition) is 5. The van der Waals surface area contributed by atoms with Crippen LogP contribution in [0.15, 0.2) is 42.5 Å². The average Bonchev–Trinajstić information content (AvgIpc) is 2.94. The lowest BCUT2D eigenvalue weighted by Gasteiger charge is -2.41. The van der Waals surface area contributed by atoms with E-state index >= 15 is 0 Å². The Hall–Kier alpha value is -2.69. The molecular formula is C31H37Cl2F6N3O3. The number of halogens is 8. The van der Waals surface area contributed by atoms with Crippen molar-refractivity contribution < 1.29 is 40.6 Å². The first-order chi connectivity index (χ1) is 20.2. The smallest absolute Gasteiger partial charge is 0.416 e. The van der Waals surface area contributed by atoms with E-state index in [0.29, 0.717) is 63.7 Å². The van der Waals surface area contributed by atoms with Gasteiger partial charge in [-0.05, 0) is 56.2 Å². The molecule has 0 bridgehead atoms. The predicted molar refractivity (Wildman–Crippen MR) is 163 cm³/mol. The van der Waals surface area contributed by atoms with Crippen molar-refractivity contribution in [2.24, 2.45) is 0 Å². The molecular weight excluding hydrogens is 647 g/mol. The molecule has 0 aliphatic carbocycles. The Kier molecular flexibility index (Phi) is 13.5. The number of amides is 1. The average molecular weight is 685 g/mol. The molecule has 4 rings (SSSR count). The molecule has 6 nitrogen and oxygen atoms in total. The van der Waals surface area contributed by atoms with Gasteiger partial charge in [-0.3, -0.25) is 14.6 Å². The summed E-state index contributed by atoms with van der Waals surface area (Å²) in [5, 5.41) is 0. The zero-order chi connectivity index (χ0) is 31.4. The quantitative estimate of drug-likeness (QED) is 0.274. The van der Waals surface area contributed by atoms with Crippen molar-refractivity contribution in [1.29, 1.82) is 0 Å². The van der Waals surface area contributed by atoms with Crippen molar-refractivity contribution in [2.75, 3.05) is 59.6 Å². The number of piperazine rings is 1. The second-order valence-corrected chi connectivity index (χ2v) is 11.4. The van der Waals surface area contributed by atoms with E-state index in [0.717, 1.165) is 12.1 Å². The fourth-order valence-corrected chi connectivity index (χ4v) is 5.32. The molecule has 2 aromatic carbocycles. The maximum atomic E-state index is 13.6. The summed E-state index contributed by atoms with van der Waals surface area (Å²) < 4.78 is 91.9. The SMILES string of the molecule is COc1cccc(CC2CN(CC#CCN3CCOCC3(C)C)CCN2C(=O)c2cc(C(F)(F)F)cc(C(F)(F)F)c2)c1.Cl.Cl. The Morgan fingerprint density at radius 2 is 1.60 bits per heavy atom. The van der Waals surface area contributed by atoms with Crippen LogP contribution in [-0.4, -0.2) is 91.8 Å². The van der Waals surface area contributed by atoms with Gasteiger partial charge in [0.05, 0.1) is 44.5 Å². The fraction of sp³-hybridized carbons (Fsp3) is 0.516. The topological polar surface area (TPSA) is 45.2 Å². The van der Waals surface area contributed by atoms with E-state index in [2.05, 4.69) is 30.6 Å². The summed E-state index contributed by atoms with van der Waals surface area (Å²) in [7, 11) is 1.51. The number of ether oxygens (including phenoxy) is 2. The molecule has 2 fully saturated rings. The van der Waals surface area contributed by atoms with Gasteiger partial charge >= 0.3 is 12.4 Å². The van der Waals surface area contributed by atoms with Gasteiger partial charge in [-0.2, -0.15) is 26.3 Å². The zero-order valence-electron chi connectivity index (χ0n) is 25.1. The maximum absolute atomic E-state index is 13.6. The summed E-state index contributed by atoms with van der Waals surface area (Å²) in [4.78, 5) is 19.2. The van der Waals surface area contributed by atoms with E-state index in [1.165, 1.54) is 12.0 Å². The van der Waals surface area contributed by atoms with Crippen molar-refractivity contribution in [1.82, 2.24) is 14.7 Å². The molecule has 1 unspecified atom stereocenters. The minimum Gasteiger partial charge on any atom is -0.497 e. The van der Waals surface area contributed by atoms with Crippen molar-refractivity contribution in [3.8, 4) is 17.6 Å². The van der Waals surface area contributed by atoms with Crippen molar-refractivity contribution in [3.63, 3.8) is 0 Å². The monoisotopic (exact) mass is 683 g/mol. The molecule has 2 aromatic rings. The van der Waals surface area contributed by atoms with Gasteiger partial charge in [0.15, 0.2) is 0 Å². The van der Waals surface area contributed by atoms with Gasteiger partial charge in [-0.25, -0.2) is 0 Å². The summed E-state index contributed by atoms with van der Waals surface area (Å²) in [6.07, 6.45) is -9.78. The van der Waals surface area contributed by atoms with Gasteiger partial charge in [-0.15, -0.1) is 24.8 Å². The van der Waals surface area contributed by atoms with Gasteiger partial charge < -0.3 is 14.4 Å². The Balaban J connectivity index is 0.00000353. The molecule has 0 aromatic heterocycles. The summed E-state index contributed by atoms with van der Waals surface area (Å²) >= 11 is 0. The first kappa shape index (κ1) is 38.5. The molecule has 2 aliphatic rings. The largest absolute Gasteiger partial charge is 0.497 e. The van der Waals surface area contributed by atoms with E-state index in [4.69, 9.17) is 9.47 Å². The summed E-state index contributed by atoms with van der Waals surface area (Å²) in [5.41, 5.74) is -3.01. The number of carbonyl (C=O) groups excluding carboxylic acids is 1. The lowest BCUT2D eigenvalue weighted by Crippen LogP contribution is -2.56. The van der Waals surface area contributed by atoms with Crippen LogP contribution in [0, 0.1) is 11.8 Å². The first-order valence-electron chi connectivity index (χ1n) is 13.9. The van der Waals surface area contributed by atoms with E-state index in [1.807, 2.05) is 11.0 Å². The Morgan fingerprint density at radius 1 is 0.956 bits per heavy atom. The molecule has 1 amide bonds. The Morgan fingerprint density at radius 3 is 2.20 bits per heavy atom. The van der Waals surface area contributed by atoms with Crippen LogP contribution in [0.1, 0.15) is 40.9 Å². The van der Waals surface area contributed by atoms with Crippen LogP contribution in [-0.2, 0) is 23.5 Å². The molecule has 0 saturated carbocycles. The second-order valence-electron chi connectivity index (χ2n) is 11.4. The highest BCUT2D eigenvalue weighted by atomic mass is 35.5. The lowest BCUT2D eigenvalue weighted by molar-refractivity contribution is -0.143. The third-order valence-electron chi connectivity index (χ3n) is 7.78. The highest BCUT2D eigenvalue weighted by molar-refractivity contribution is 5.95. The van der Waals surface area contributed by atoms with Crippen molar-refractivity contribution in [2.45, 2.75) is 44.2 Å². The molecule has 250 valence electrons. The molecule has 45 heavy (non-hydrogen) atoms. The van der Waals surface area contributed by atoms with E-state index in [1.54, 1.807) is 18.2 Å². The Labute approximate surface area is 271 Å². The highest BCUT2D eigenvalue weighted by Crippen LogP contribution is 2.37. The lowest BCUT2D eigenvalue weighted by atomic mass is 9.99. The number of alkyl halides is 6. The maximum Gasteiger partial charge on any atom is 0.416 e. The Bertz CT molecular complexity index is 1330. The fourth-order valence-electron chi connectivity index (χ4n) is 5.32. The standard InChI is InChI=1S/C31H35F6N3O3.2ClH/c1-29(2)21-43-14-13-39(29)10-5-4-9-38-11-12-40(26(20-38)15-22-7-6-8-27(16-22)42-3)28(41)23-17-24(30(32,33)34)19-25(18-23)31(35,36)37;;/h6-8,16-19,26H,9-15,20-21H2,1-3H3;2*1H. The van der Waals surface area contributed by atoms with Crippen molar-refractivity contribution >= 4 is 30.7 Å². The third kappa shape index (κ3) is 10.1. The molecule has 0 spiro atoms. The van der Waals surface area contributed by atoms with Gasteiger partial charge in [0, 0.05) is 43.3 Å². The molecule has 1 atom stereocenters. The number of morpholine rings is 1. The van der Waals surface area contributed by atoms with Crippen LogP contribution in [0.25, 0.3) is 0 Å². The summed E-state index contributed by atoms with van der Waals surface area (Å²) in [5.74, 6) is 6.10. The molecule has 2 aliphatic heterocycles. The van der Waals surface area contributed by atoms with Crippen LogP contribution in [0.2, 0.25) is 0 Å². The minimum absolute atomic E-state index is 0. The molecule has 0 N–H and O–H groups in total. The van der Waals surface area contributed by atoms with E-state index in [-0.39, 0.29) is 43.0 Å². The van der Waals surface area contributed by atoms with Crippen LogP contribution >= 0.6 is 24.8 Å². The second kappa shape index (κ2) is 15.7. The number of methoxy groups -OCH3 is 1. The summed E-state index contributed by atoms with van der Waals surface area (Å²) in [6.45, 7) is 8.01. The first-order valence-corrected chi connectivity index (χ1v) is 13.9. The number of benzene rings is 2. The molecule has 2 heterocycles. The third-order valence-corrected chi connectivity index (χ3v) is 7.78. The normalized spacial score (nSPS) is 19.0. The molecule has 2 saturated heterocycles. The molecule has 14 heteroatoms. The number of nitrogens with zero attached hydrogens (tertiary/aromatic N) is 3. The van der Waals surface area contributed by atoms with Gasteiger partial charge in [0.1, 0.15) is 5.75 Å². The predicted octanol–water partition coefficient (Wildman–Crippen LogP) is 6.06. The highest BCUT2D eigenvalue weighted by Gasteiger charge is 2.39. The van der Waals surface area contributed by atoms with Gasteiger partial charge in [0.25, 0.3) is 5.91 Å². The minimum atomic E-state index is -5.05. The zero-order valence-corrected chi connectivity index (χ0v) is 26.8. The molecule has 0 radical (unpaired) electrons. The van der Waals surface area contributed by atoms with Gasteiger partial charge in [-0.1, -0.05) is 24.0 Å². The number of carbonyl (C=O) groups is 1. The number of rotatable bonds is 6. The number of hydrogen-bond donors (Lipinski definition) is 0. The van der Waals surface area contributed by atoms with E-state index in [9.17, 15) is 31.1 Å². The van der Waals surface area contributed by atoms with Crippen LogP contribution in [0.5, 0.6) is 5.75 Å².